The van der Waals surface area contributed by atoms with Crippen molar-refractivity contribution >= 4 is 5.52 Å². The minimum atomic E-state index is 0.0251. The highest BCUT2D eigenvalue weighted by atomic mass is 15.0. The van der Waals surface area contributed by atoms with E-state index in [2.05, 4.69) is 73.8 Å². The molecule has 96 valence electrons. The molecule has 2 heterocycles. The maximum Gasteiger partial charge on any atom is 0.119 e. The maximum atomic E-state index is 4.89. The van der Waals surface area contributed by atoms with E-state index in [0.717, 1.165) is 11.5 Å². The van der Waals surface area contributed by atoms with Gasteiger partial charge in [0.05, 0.1) is 11.2 Å². The Morgan fingerprint density at radius 3 is 2.26 bits per heavy atom. The Kier molecular flexibility index (Phi) is 2.67. The summed E-state index contributed by atoms with van der Waals surface area (Å²) in [5.41, 5.74) is 3.42. The molecule has 0 aliphatic rings. The first kappa shape index (κ1) is 12.0. The Bertz CT molecular complexity index is 703. The second-order valence-corrected chi connectivity index (χ2v) is 5.86. The first-order chi connectivity index (χ1) is 9.07. The Balaban J connectivity index is 2.33. The average molecular weight is 250 g/mol. The van der Waals surface area contributed by atoms with Gasteiger partial charge < -0.3 is 4.40 Å². The van der Waals surface area contributed by atoms with Crippen LogP contribution in [0.2, 0.25) is 0 Å². The molecule has 3 rings (SSSR count). The van der Waals surface area contributed by atoms with Gasteiger partial charge in [-0.3, -0.25) is 0 Å². The van der Waals surface area contributed by atoms with Crippen LogP contribution < -0.4 is 0 Å². The summed E-state index contributed by atoms with van der Waals surface area (Å²) in [6, 6.07) is 16.6. The van der Waals surface area contributed by atoms with Crippen molar-refractivity contribution in [2.45, 2.75) is 26.2 Å². The van der Waals surface area contributed by atoms with Gasteiger partial charge in [0, 0.05) is 17.2 Å². The summed E-state index contributed by atoms with van der Waals surface area (Å²) in [5, 5.41) is 0. The lowest BCUT2D eigenvalue weighted by Crippen LogP contribution is -2.15. The molecule has 0 bridgehead atoms. The SMILES string of the molecule is CC(C)(C)c1nc(-c2ccccc2)c2ccccn12. The topological polar surface area (TPSA) is 17.3 Å². The third-order valence-corrected chi connectivity index (χ3v) is 3.27. The van der Waals surface area contributed by atoms with Crippen LogP contribution in [-0.4, -0.2) is 9.38 Å². The van der Waals surface area contributed by atoms with Crippen LogP contribution in [0, 0.1) is 0 Å². The molecule has 0 spiro atoms. The van der Waals surface area contributed by atoms with Crippen molar-refractivity contribution in [1.29, 1.82) is 0 Å². The summed E-state index contributed by atoms with van der Waals surface area (Å²) in [6.45, 7) is 6.59. The fourth-order valence-electron chi connectivity index (χ4n) is 2.38. The number of hydrogen-bond acceptors (Lipinski definition) is 1. The molecule has 0 amide bonds. The first-order valence-electron chi connectivity index (χ1n) is 6.60. The van der Waals surface area contributed by atoms with Crippen molar-refractivity contribution < 1.29 is 0 Å². The zero-order chi connectivity index (χ0) is 13.5. The quantitative estimate of drug-likeness (QED) is 0.629. The molecule has 0 aliphatic carbocycles. The zero-order valence-electron chi connectivity index (χ0n) is 11.6. The Morgan fingerprint density at radius 1 is 0.895 bits per heavy atom. The molecule has 0 radical (unpaired) electrons. The van der Waals surface area contributed by atoms with Crippen LogP contribution in [0.1, 0.15) is 26.6 Å². The van der Waals surface area contributed by atoms with Crippen molar-refractivity contribution in [3.8, 4) is 11.3 Å². The highest BCUT2D eigenvalue weighted by molar-refractivity contribution is 5.77. The second kappa shape index (κ2) is 4.23. The van der Waals surface area contributed by atoms with Crippen LogP contribution in [0.4, 0.5) is 0 Å². The van der Waals surface area contributed by atoms with Gasteiger partial charge in [-0.05, 0) is 12.1 Å². The predicted molar refractivity (Wildman–Crippen MR) is 79.3 cm³/mol. The molecular formula is C17H18N2. The minimum Gasteiger partial charge on any atom is -0.303 e. The lowest BCUT2D eigenvalue weighted by molar-refractivity contribution is 0.543. The standard InChI is InChI=1S/C17H18N2/c1-17(2,3)16-18-15(13-9-5-4-6-10-13)14-11-7-8-12-19(14)16/h4-12H,1-3H3. The average Bonchev–Trinajstić information content (AvgIpc) is 2.79. The zero-order valence-corrected chi connectivity index (χ0v) is 11.6. The maximum absolute atomic E-state index is 4.89. The number of pyridine rings is 1. The summed E-state index contributed by atoms with van der Waals surface area (Å²) in [6.07, 6.45) is 2.09. The molecule has 0 fully saturated rings. The van der Waals surface area contributed by atoms with E-state index in [-0.39, 0.29) is 5.41 Å². The van der Waals surface area contributed by atoms with Crippen LogP contribution in [0.25, 0.3) is 16.8 Å². The van der Waals surface area contributed by atoms with E-state index in [1.165, 1.54) is 11.1 Å². The Labute approximate surface area is 113 Å². The summed E-state index contributed by atoms with van der Waals surface area (Å²) >= 11 is 0. The van der Waals surface area contributed by atoms with Gasteiger partial charge in [-0.1, -0.05) is 57.2 Å². The largest absolute Gasteiger partial charge is 0.303 e. The van der Waals surface area contributed by atoms with E-state index in [4.69, 9.17) is 4.98 Å². The fourth-order valence-corrected chi connectivity index (χ4v) is 2.38. The van der Waals surface area contributed by atoms with Crippen molar-refractivity contribution in [2.24, 2.45) is 0 Å². The van der Waals surface area contributed by atoms with E-state index >= 15 is 0 Å². The first-order valence-corrected chi connectivity index (χ1v) is 6.60. The van der Waals surface area contributed by atoms with Gasteiger partial charge in [0.2, 0.25) is 0 Å². The van der Waals surface area contributed by atoms with E-state index < -0.39 is 0 Å². The van der Waals surface area contributed by atoms with Gasteiger partial charge in [-0.15, -0.1) is 0 Å². The van der Waals surface area contributed by atoms with Crippen LogP contribution in [-0.2, 0) is 5.41 Å². The van der Waals surface area contributed by atoms with Gasteiger partial charge in [0.25, 0.3) is 0 Å². The molecule has 3 aromatic rings. The Morgan fingerprint density at radius 2 is 1.58 bits per heavy atom. The van der Waals surface area contributed by atoms with Crippen molar-refractivity contribution in [2.75, 3.05) is 0 Å². The molecule has 2 aromatic heterocycles. The van der Waals surface area contributed by atoms with Gasteiger partial charge >= 0.3 is 0 Å². The van der Waals surface area contributed by atoms with Crippen LogP contribution in [0.15, 0.2) is 54.7 Å². The van der Waals surface area contributed by atoms with Crippen LogP contribution >= 0.6 is 0 Å². The normalized spacial score (nSPS) is 11.9. The number of imidazole rings is 1. The van der Waals surface area contributed by atoms with Gasteiger partial charge in [0.15, 0.2) is 0 Å². The molecule has 0 saturated heterocycles. The highest BCUT2D eigenvalue weighted by Crippen LogP contribution is 2.29. The summed E-state index contributed by atoms with van der Waals surface area (Å²) in [7, 11) is 0. The molecule has 2 heteroatoms. The van der Waals surface area contributed by atoms with Crippen molar-refractivity contribution in [1.82, 2.24) is 9.38 Å². The lowest BCUT2D eigenvalue weighted by Gasteiger charge is -2.16. The third-order valence-electron chi connectivity index (χ3n) is 3.27. The number of benzene rings is 1. The molecule has 19 heavy (non-hydrogen) atoms. The van der Waals surface area contributed by atoms with E-state index in [1.807, 2.05) is 6.07 Å². The van der Waals surface area contributed by atoms with Crippen molar-refractivity contribution in [3.05, 3.63) is 60.6 Å². The third kappa shape index (κ3) is 2.03. The monoisotopic (exact) mass is 250 g/mol. The molecular weight excluding hydrogens is 232 g/mol. The number of fused-ring (bicyclic) bond motifs is 1. The summed E-state index contributed by atoms with van der Waals surface area (Å²) in [5.74, 6) is 1.10. The second-order valence-electron chi connectivity index (χ2n) is 5.86. The predicted octanol–water partition coefficient (Wildman–Crippen LogP) is 4.30. The molecule has 2 nitrogen and oxygen atoms in total. The van der Waals surface area contributed by atoms with Crippen LogP contribution in [0.5, 0.6) is 0 Å². The number of nitrogens with zero attached hydrogens (tertiary/aromatic N) is 2. The molecule has 0 unspecified atom stereocenters. The lowest BCUT2D eigenvalue weighted by atomic mass is 9.96. The summed E-state index contributed by atoms with van der Waals surface area (Å²) in [4.78, 5) is 4.89. The molecule has 1 aromatic carbocycles. The highest BCUT2D eigenvalue weighted by Gasteiger charge is 2.22. The number of aromatic nitrogens is 2. The number of rotatable bonds is 1. The van der Waals surface area contributed by atoms with Gasteiger partial charge in [-0.2, -0.15) is 0 Å². The van der Waals surface area contributed by atoms with E-state index in [0.29, 0.717) is 0 Å². The van der Waals surface area contributed by atoms with Gasteiger partial charge in [-0.25, -0.2) is 4.98 Å². The fraction of sp³-hybridized carbons (Fsp3) is 0.235. The number of hydrogen-bond donors (Lipinski definition) is 0. The van der Waals surface area contributed by atoms with E-state index in [9.17, 15) is 0 Å². The summed E-state index contributed by atoms with van der Waals surface area (Å²) < 4.78 is 2.20. The molecule has 0 N–H and O–H groups in total. The molecule has 0 aliphatic heterocycles. The van der Waals surface area contributed by atoms with Gasteiger partial charge in [0.1, 0.15) is 5.82 Å². The van der Waals surface area contributed by atoms with E-state index in [1.54, 1.807) is 0 Å². The van der Waals surface area contributed by atoms with Crippen LogP contribution in [0.3, 0.4) is 0 Å². The molecule has 0 atom stereocenters. The van der Waals surface area contributed by atoms with Crippen molar-refractivity contribution in [3.63, 3.8) is 0 Å². The smallest absolute Gasteiger partial charge is 0.119 e. The minimum absolute atomic E-state index is 0.0251. The Hall–Kier alpha value is -2.09. The molecule has 0 saturated carbocycles.